The van der Waals surface area contributed by atoms with Crippen molar-refractivity contribution in [1.29, 1.82) is 0 Å². The summed E-state index contributed by atoms with van der Waals surface area (Å²) in [6, 6.07) is 18.5. The number of hydrogen-bond acceptors (Lipinski definition) is 5. The lowest BCUT2D eigenvalue weighted by atomic mass is 10.1. The van der Waals surface area contributed by atoms with Gasteiger partial charge in [0, 0.05) is 55.7 Å². The lowest BCUT2D eigenvalue weighted by molar-refractivity contribution is 0.0664. The van der Waals surface area contributed by atoms with Crippen LogP contribution in [0.2, 0.25) is 19.6 Å². The maximum absolute atomic E-state index is 13.0. The molecule has 1 amide bonds. The second-order valence-corrected chi connectivity index (χ2v) is 16.1. The average Bonchev–Trinajstić information content (AvgIpc) is 3.51. The molecule has 37 heavy (non-hydrogen) atoms. The van der Waals surface area contributed by atoms with Gasteiger partial charge in [-0.2, -0.15) is 4.98 Å². The number of benzene rings is 2. The maximum Gasteiger partial charge on any atom is 0.259 e. The Morgan fingerprint density at radius 2 is 1.70 bits per heavy atom. The molecule has 5 rings (SSSR count). The Bertz CT molecular complexity index is 1390. The van der Waals surface area contributed by atoms with Gasteiger partial charge in [-0.1, -0.05) is 66.4 Å². The molecule has 7 nitrogen and oxygen atoms in total. The number of piperazine rings is 1. The second-order valence-electron chi connectivity index (χ2n) is 11.0. The quantitative estimate of drug-likeness (QED) is 0.355. The zero-order valence-corrected chi connectivity index (χ0v) is 23.4. The van der Waals surface area contributed by atoms with Crippen molar-refractivity contribution in [2.45, 2.75) is 33.1 Å². The molecule has 0 saturated carbocycles. The van der Waals surface area contributed by atoms with Gasteiger partial charge in [0.1, 0.15) is 0 Å². The van der Waals surface area contributed by atoms with Crippen molar-refractivity contribution in [3.8, 4) is 22.8 Å². The highest BCUT2D eigenvalue weighted by atomic mass is 28.3. The molecule has 1 aliphatic heterocycles. The van der Waals surface area contributed by atoms with Crippen molar-refractivity contribution >= 4 is 19.2 Å². The molecule has 0 spiro atoms. The third-order valence-electron chi connectivity index (χ3n) is 7.11. The Morgan fingerprint density at radius 3 is 2.41 bits per heavy atom. The standard InChI is InChI=1S/C29H35N5O2Si/c1-21-17-25(28-30-27(31-36-28)23-9-11-26(12-10-23)37(3,4)5)20-34(21)19-22-7-6-8-24(18-22)29(35)33-15-13-32(2)14-16-33/h6-12,17-18,20H,13-16,19H2,1-5H3. The Morgan fingerprint density at radius 1 is 0.973 bits per heavy atom. The summed E-state index contributed by atoms with van der Waals surface area (Å²) in [6.07, 6.45) is 2.04. The highest BCUT2D eigenvalue weighted by Crippen LogP contribution is 2.25. The van der Waals surface area contributed by atoms with Crippen LogP contribution in [0.15, 0.2) is 65.3 Å². The lowest BCUT2D eigenvalue weighted by Gasteiger charge is -2.32. The largest absolute Gasteiger partial charge is 0.347 e. The smallest absolute Gasteiger partial charge is 0.259 e. The zero-order chi connectivity index (χ0) is 26.2. The van der Waals surface area contributed by atoms with Gasteiger partial charge in [0.15, 0.2) is 0 Å². The number of rotatable bonds is 6. The first-order chi connectivity index (χ1) is 17.7. The number of carbonyl (C=O) groups excluding carboxylic acids is 1. The van der Waals surface area contributed by atoms with Crippen molar-refractivity contribution in [1.82, 2.24) is 24.5 Å². The molecule has 0 N–H and O–H groups in total. The van der Waals surface area contributed by atoms with Crippen LogP contribution >= 0.6 is 0 Å². The normalized spacial score (nSPS) is 14.8. The maximum atomic E-state index is 13.0. The Hall–Kier alpha value is -3.49. The van der Waals surface area contributed by atoms with Crippen molar-refractivity contribution in [3.63, 3.8) is 0 Å². The molecule has 0 unspecified atom stereocenters. The average molecular weight is 514 g/mol. The van der Waals surface area contributed by atoms with Crippen LogP contribution in [0.3, 0.4) is 0 Å². The molecular weight excluding hydrogens is 478 g/mol. The molecule has 3 heterocycles. The molecule has 4 aromatic rings. The van der Waals surface area contributed by atoms with E-state index >= 15 is 0 Å². The second kappa shape index (κ2) is 10.1. The number of amides is 1. The van der Waals surface area contributed by atoms with E-state index in [1.54, 1.807) is 0 Å². The van der Waals surface area contributed by atoms with Crippen LogP contribution < -0.4 is 5.19 Å². The topological polar surface area (TPSA) is 67.4 Å². The van der Waals surface area contributed by atoms with Gasteiger partial charge >= 0.3 is 0 Å². The van der Waals surface area contributed by atoms with Crippen LogP contribution in [0.4, 0.5) is 0 Å². The van der Waals surface area contributed by atoms with E-state index in [1.807, 2.05) is 29.3 Å². The summed E-state index contributed by atoms with van der Waals surface area (Å²) in [5.41, 5.74) is 4.76. The van der Waals surface area contributed by atoms with Gasteiger partial charge in [-0.3, -0.25) is 4.79 Å². The van der Waals surface area contributed by atoms with E-state index in [0.717, 1.165) is 54.1 Å². The van der Waals surface area contributed by atoms with Crippen molar-refractivity contribution < 1.29 is 9.32 Å². The number of likely N-dealkylation sites (N-methyl/N-ethyl adjacent to an activating group) is 1. The van der Waals surface area contributed by atoms with E-state index in [-0.39, 0.29) is 5.91 Å². The highest BCUT2D eigenvalue weighted by molar-refractivity contribution is 6.88. The van der Waals surface area contributed by atoms with Crippen LogP contribution in [0.1, 0.15) is 21.6 Å². The number of carbonyl (C=O) groups is 1. The van der Waals surface area contributed by atoms with E-state index in [2.05, 4.69) is 89.6 Å². The highest BCUT2D eigenvalue weighted by Gasteiger charge is 2.21. The Balaban J connectivity index is 1.30. The molecule has 1 saturated heterocycles. The summed E-state index contributed by atoms with van der Waals surface area (Å²) in [7, 11) is 0.742. The van der Waals surface area contributed by atoms with Gasteiger partial charge in [-0.05, 0) is 37.7 Å². The summed E-state index contributed by atoms with van der Waals surface area (Å²) in [6.45, 7) is 13.1. The minimum atomic E-state index is -1.35. The summed E-state index contributed by atoms with van der Waals surface area (Å²) in [5, 5.41) is 5.63. The Labute approximate surface area is 219 Å². The molecule has 0 bridgehead atoms. The van der Waals surface area contributed by atoms with Gasteiger partial charge in [0.2, 0.25) is 5.82 Å². The molecular formula is C29H35N5O2Si. The third-order valence-corrected chi connectivity index (χ3v) is 9.18. The predicted octanol–water partition coefficient (Wildman–Crippen LogP) is 4.49. The van der Waals surface area contributed by atoms with Crippen LogP contribution in [-0.4, -0.2) is 71.7 Å². The van der Waals surface area contributed by atoms with E-state index in [1.165, 1.54) is 5.19 Å². The van der Waals surface area contributed by atoms with Gasteiger partial charge in [-0.15, -0.1) is 0 Å². The van der Waals surface area contributed by atoms with E-state index in [0.29, 0.717) is 18.3 Å². The van der Waals surface area contributed by atoms with Crippen LogP contribution in [0.5, 0.6) is 0 Å². The van der Waals surface area contributed by atoms with Gasteiger partial charge < -0.3 is 18.9 Å². The Kier molecular flexibility index (Phi) is 6.87. The van der Waals surface area contributed by atoms with Gasteiger partial charge in [0.05, 0.1) is 13.6 Å². The van der Waals surface area contributed by atoms with E-state index in [4.69, 9.17) is 4.52 Å². The number of aryl methyl sites for hydroxylation is 1. The van der Waals surface area contributed by atoms with Gasteiger partial charge in [-0.25, -0.2) is 0 Å². The number of hydrogen-bond donors (Lipinski definition) is 0. The molecule has 0 aliphatic carbocycles. The summed E-state index contributed by atoms with van der Waals surface area (Å²) in [4.78, 5) is 21.9. The first-order valence-corrected chi connectivity index (χ1v) is 16.4. The minimum Gasteiger partial charge on any atom is -0.347 e. The first-order valence-electron chi connectivity index (χ1n) is 12.9. The fourth-order valence-electron chi connectivity index (χ4n) is 4.67. The van der Waals surface area contributed by atoms with Crippen molar-refractivity contribution in [3.05, 3.63) is 77.6 Å². The van der Waals surface area contributed by atoms with Crippen LogP contribution in [-0.2, 0) is 6.54 Å². The fourth-order valence-corrected chi connectivity index (χ4v) is 5.84. The molecule has 0 atom stereocenters. The molecule has 1 aliphatic rings. The monoisotopic (exact) mass is 513 g/mol. The molecule has 8 heteroatoms. The zero-order valence-electron chi connectivity index (χ0n) is 22.4. The van der Waals surface area contributed by atoms with Gasteiger partial charge in [0.25, 0.3) is 11.8 Å². The summed E-state index contributed by atoms with van der Waals surface area (Å²) >= 11 is 0. The van der Waals surface area contributed by atoms with E-state index < -0.39 is 8.07 Å². The fraction of sp³-hybridized carbons (Fsp3) is 0.345. The third kappa shape index (κ3) is 5.60. The van der Waals surface area contributed by atoms with Crippen molar-refractivity contribution in [2.24, 2.45) is 0 Å². The number of aromatic nitrogens is 3. The first kappa shape index (κ1) is 25.2. The molecule has 2 aromatic heterocycles. The van der Waals surface area contributed by atoms with Crippen molar-refractivity contribution in [2.75, 3.05) is 33.2 Å². The van der Waals surface area contributed by atoms with Crippen LogP contribution in [0.25, 0.3) is 22.8 Å². The lowest BCUT2D eigenvalue weighted by Crippen LogP contribution is -2.47. The summed E-state index contributed by atoms with van der Waals surface area (Å²) < 4.78 is 7.78. The molecule has 2 aromatic carbocycles. The van der Waals surface area contributed by atoms with E-state index in [9.17, 15) is 4.79 Å². The van der Waals surface area contributed by atoms with Crippen LogP contribution in [0, 0.1) is 6.92 Å². The summed E-state index contributed by atoms with van der Waals surface area (Å²) in [5.74, 6) is 1.21. The minimum absolute atomic E-state index is 0.108. The molecule has 1 fully saturated rings. The molecule has 0 radical (unpaired) electrons. The predicted molar refractivity (Wildman–Crippen MR) is 150 cm³/mol. The molecule has 192 valence electrons. The SMILES string of the molecule is Cc1cc(-c2nc(-c3ccc([Si](C)(C)C)cc3)no2)cn1Cc1cccc(C(=O)N2CCN(C)CC2)c1. The number of nitrogens with zero attached hydrogens (tertiary/aromatic N) is 5.